The lowest BCUT2D eigenvalue weighted by Gasteiger charge is -2.21. The fourth-order valence-corrected chi connectivity index (χ4v) is 3.92. The number of sulfonamides is 1. The number of hydrogen-bond acceptors (Lipinski definition) is 3. The van der Waals surface area contributed by atoms with Crippen LogP contribution >= 0.6 is 0 Å². The van der Waals surface area contributed by atoms with Crippen LogP contribution in [0.1, 0.15) is 29.8 Å². The SMILES string of the molecule is C=C(C)CN(CC)C(=O)c1ccc(C)c(S(=O)(=O)Nc2ccc(F)cc2)c1. The minimum Gasteiger partial charge on any atom is -0.335 e. The topological polar surface area (TPSA) is 66.5 Å². The minimum atomic E-state index is -3.93. The summed E-state index contributed by atoms with van der Waals surface area (Å²) in [5.74, 6) is -0.724. The molecule has 0 heterocycles. The van der Waals surface area contributed by atoms with E-state index in [0.29, 0.717) is 18.7 Å². The van der Waals surface area contributed by atoms with Crippen LogP contribution in [-0.2, 0) is 10.0 Å². The summed E-state index contributed by atoms with van der Waals surface area (Å²) in [6.07, 6.45) is 0. The maximum Gasteiger partial charge on any atom is 0.262 e. The van der Waals surface area contributed by atoms with Gasteiger partial charge in [-0.15, -0.1) is 0 Å². The smallest absolute Gasteiger partial charge is 0.262 e. The zero-order chi connectivity index (χ0) is 20.2. The highest BCUT2D eigenvalue weighted by molar-refractivity contribution is 7.92. The largest absolute Gasteiger partial charge is 0.335 e. The van der Waals surface area contributed by atoms with Crippen LogP contribution in [0.15, 0.2) is 59.5 Å². The van der Waals surface area contributed by atoms with E-state index in [1.165, 1.54) is 30.3 Å². The van der Waals surface area contributed by atoms with Gasteiger partial charge in [-0.2, -0.15) is 0 Å². The number of likely N-dealkylation sites (N-methyl/N-ethyl adjacent to an activating group) is 1. The van der Waals surface area contributed by atoms with Crippen molar-refractivity contribution in [2.75, 3.05) is 17.8 Å². The van der Waals surface area contributed by atoms with Crippen molar-refractivity contribution in [3.8, 4) is 0 Å². The zero-order valence-electron chi connectivity index (χ0n) is 15.6. The fourth-order valence-electron chi connectivity index (χ4n) is 2.59. The molecule has 0 atom stereocenters. The Morgan fingerprint density at radius 3 is 2.37 bits per heavy atom. The molecule has 0 aliphatic carbocycles. The number of carbonyl (C=O) groups excluding carboxylic acids is 1. The van der Waals surface area contributed by atoms with Crippen molar-refractivity contribution in [1.82, 2.24) is 4.90 Å². The molecule has 1 amide bonds. The average Bonchev–Trinajstić information content (AvgIpc) is 2.61. The highest BCUT2D eigenvalue weighted by atomic mass is 32.2. The number of amides is 1. The first-order valence-electron chi connectivity index (χ1n) is 8.46. The number of aryl methyl sites for hydroxylation is 1. The molecule has 0 fully saturated rings. The molecule has 0 aromatic heterocycles. The third-order valence-electron chi connectivity index (χ3n) is 3.95. The zero-order valence-corrected chi connectivity index (χ0v) is 16.4. The van der Waals surface area contributed by atoms with Crippen LogP contribution in [0.3, 0.4) is 0 Å². The molecule has 7 heteroatoms. The van der Waals surface area contributed by atoms with Crippen LogP contribution < -0.4 is 4.72 Å². The van der Waals surface area contributed by atoms with Crippen molar-refractivity contribution in [1.29, 1.82) is 0 Å². The number of anilines is 1. The summed E-state index contributed by atoms with van der Waals surface area (Å²) >= 11 is 0. The second kappa shape index (κ2) is 8.35. The van der Waals surface area contributed by atoms with E-state index < -0.39 is 15.8 Å². The van der Waals surface area contributed by atoms with Crippen LogP contribution in [0.5, 0.6) is 0 Å². The summed E-state index contributed by atoms with van der Waals surface area (Å²) in [6.45, 7) is 10.0. The van der Waals surface area contributed by atoms with E-state index in [4.69, 9.17) is 0 Å². The molecular formula is C20H23FN2O3S. The quantitative estimate of drug-likeness (QED) is 0.728. The molecular weight excluding hydrogens is 367 g/mol. The maximum atomic E-state index is 13.0. The van der Waals surface area contributed by atoms with Crippen molar-refractivity contribution < 1.29 is 17.6 Å². The van der Waals surface area contributed by atoms with E-state index in [0.717, 1.165) is 5.57 Å². The number of halogens is 1. The molecule has 2 aromatic rings. The molecule has 0 aliphatic heterocycles. The Morgan fingerprint density at radius 1 is 1.19 bits per heavy atom. The van der Waals surface area contributed by atoms with Crippen LogP contribution in [-0.4, -0.2) is 32.3 Å². The van der Waals surface area contributed by atoms with E-state index in [1.807, 2.05) is 13.8 Å². The third kappa shape index (κ3) is 5.17. The Kier molecular flexibility index (Phi) is 6.38. The molecule has 0 unspecified atom stereocenters. The van der Waals surface area contributed by atoms with Crippen LogP contribution in [0.25, 0.3) is 0 Å². The molecule has 0 radical (unpaired) electrons. The van der Waals surface area contributed by atoms with Gasteiger partial charge in [0, 0.05) is 24.3 Å². The molecule has 2 aromatic carbocycles. The normalized spacial score (nSPS) is 11.1. The second-order valence-corrected chi connectivity index (χ2v) is 8.02. The summed E-state index contributed by atoms with van der Waals surface area (Å²) in [5.41, 5.74) is 1.86. The molecule has 144 valence electrons. The van der Waals surface area contributed by atoms with Gasteiger partial charge in [0.25, 0.3) is 15.9 Å². The van der Waals surface area contributed by atoms with Crippen LogP contribution in [0.4, 0.5) is 10.1 Å². The molecule has 5 nitrogen and oxygen atoms in total. The molecule has 0 saturated carbocycles. The van der Waals surface area contributed by atoms with E-state index in [1.54, 1.807) is 24.0 Å². The number of rotatable bonds is 7. The first kappa shape index (κ1) is 20.6. The number of nitrogens with one attached hydrogen (secondary N) is 1. The van der Waals surface area contributed by atoms with E-state index in [2.05, 4.69) is 11.3 Å². The first-order chi connectivity index (χ1) is 12.6. The molecule has 0 aliphatic rings. The Balaban J connectivity index is 2.36. The van der Waals surface area contributed by atoms with Crippen molar-refractivity contribution in [2.45, 2.75) is 25.7 Å². The molecule has 0 spiro atoms. The fraction of sp³-hybridized carbons (Fsp3) is 0.250. The molecule has 1 N–H and O–H groups in total. The van der Waals surface area contributed by atoms with Crippen molar-refractivity contribution in [2.24, 2.45) is 0 Å². The van der Waals surface area contributed by atoms with Crippen molar-refractivity contribution in [3.63, 3.8) is 0 Å². The summed E-state index contributed by atoms with van der Waals surface area (Å²) in [5, 5.41) is 0. The van der Waals surface area contributed by atoms with Gasteiger partial charge in [-0.25, -0.2) is 12.8 Å². The van der Waals surface area contributed by atoms with Crippen LogP contribution in [0, 0.1) is 12.7 Å². The lowest BCUT2D eigenvalue weighted by atomic mass is 10.1. The Labute approximate surface area is 159 Å². The average molecular weight is 390 g/mol. The standard InChI is InChI=1S/C20H23FN2O3S/c1-5-23(13-14(2)3)20(24)16-7-6-15(4)19(12-16)27(25,26)22-18-10-8-17(21)9-11-18/h6-12,22H,2,5,13H2,1,3-4H3. The third-order valence-corrected chi connectivity index (χ3v) is 5.47. The lowest BCUT2D eigenvalue weighted by Crippen LogP contribution is -2.32. The second-order valence-electron chi connectivity index (χ2n) is 6.37. The Morgan fingerprint density at radius 2 is 1.81 bits per heavy atom. The van der Waals surface area contributed by atoms with Gasteiger partial charge < -0.3 is 4.90 Å². The first-order valence-corrected chi connectivity index (χ1v) is 9.95. The van der Waals surface area contributed by atoms with Crippen molar-refractivity contribution >= 4 is 21.6 Å². The van der Waals surface area contributed by atoms with Crippen LogP contribution in [0.2, 0.25) is 0 Å². The molecule has 27 heavy (non-hydrogen) atoms. The van der Waals surface area contributed by atoms with Gasteiger partial charge in [0.1, 0.15) is 5.82 Å². The summed E-state index contributed by atoms with van der Waals surface area (Å²) in [7, 11) is -3.93. The number of hydrogen-bond donors (Lipinski definition) is 1. The number of benzene rings is 2. The van der Waals surface area contributed by atoms with Gasteiger partial charge in [-0.05, 0) is 62.7 Å². The Hall–Kier alpha value is -2.67. The summed E-state index contributed by atoms with van der Waals surface area (Å²) < 4.78 is 40.9. The van der Waals surface area contributed by atoms with Gasteiger partial charge in [-0.1, -0.05) is 18.2 Å². The monoisotopic (exact) mass is 390 g/mol. The lowest BCUT2D eigenvalue weighted by molar-refractivity contribution is 0.0778. The molecule has 0 saturated heterocycles. The predicted molar refractivity (Wildman–Crippen MR) is 105 cm³/mol. The Bertz CT molecular complexity index is 954. The minimum absolute atomic E-state index is 0.00375. The highest BCUT2D eigenvalue weighted by Gasteiger charge is 2.21. The van der Waals surface area contributed by atoms with Gasteiger partial charge in [-0.3, -0.25) is 9.52 Å². The highest BCUT2D eigenvalue weighted by Crippen LogP contribution is 2.22. The number of nitrogens with zero attached hydrogens (tertiary/aromatic N) is 1. The molecule has 0 bridgehead atoms. The van der Waals surface area contributed by atoms with Gasteiger partial charge in [0.15, 0.2) is 0 Å². The maximum absolute atomic E-state index is 13.0. The number of carbonyl (C=O) groups is 1. The van der Waals surface area contributed by atoms with E-state index in [-0.39, 0.29) is 22.1 Å². The van der Waals surface area contributed by atoms with Gasteiger partial charge in [0.05, 0.1) is 4.90 Å². The summed E-state index contributed by atoms with van der Waals surface area (Å²) in [4.78, 5) is 14.3. The van der Waals surface area contributed by atoms with Gasteiger partial charge >= 0.3 is 0 Å². The van der Waals surface area contributed by atoms with E-state index in [9.17, 15) is 17.6 Å². The van der Waals surface area contributed by atoms with Gasteiger partial charge in [0.2, 0.25) is 0 Å². The van der Waals surface area contributed by atoms with Crippen molar-refractivity contribution in [3.05, 3.63) is 71.6 Å². The summed E-state index contributed by atoms with van der Waals surface area (Å²) in [6, 6.07) is 9.58. The van der Waals surface area contributed by atoms with E-state index >= 15 is 0 Å². The molecule has 2 rings (SSSR count). The predicted octanol–water partition coefficient (Wildman–Crippen LogP) is 3.97.